The van der Waals surface area contributed by atoms with E-state index in [4.69, 9.17) is 4.74 Å². The largest absolute Gasteiger partial charge is 0.459 e. The Bertz CT molecular complexity index is 334. The van der Waals surface area contributed by atoms with Crippen molar-refractivity contribution in [2.45, 2.75) is 45.0 Å². The summed E-state index contributed by atoms with van der Waals surface area (Å²) in [5.74, 6) is -1.58. The molecule has 2 nitrogen and oxygen atoms in total. The van der Waals surface area contributed by atoms with Crippen LogP contribution in [0.15, 0.2) is 0 Å². The van der Waals surface area contributed by atoms with E-state index < -0.39 is 17.9 Å². The summed E-state index contributed by atoms with van der Waals surface area (Å²) < 4.78 is 30.3. The van der Waals surface area contributed by atoms with Crippen molar-refractivity contribution >= 4 is 5.97 Å². The molecule has 4 saturated carbocycles. The Kier molecular flexibility index (Phi) is 2.30. The highest BCUT2D eigenvalue weighted by atomic mass is 19.3. The Morgan fingerprint density at radius 1 is 1.29 bits per heavy atom. The molecule has 4 bridgehead atoms. The van der Waals surface area contributed by atoms with E-state index in [9.17, 15) is 13.6 Å². The molecule has 4 aliphatic carbocycles. The Hall–Kier alpha value is -0.670. The van der Waals surface area contributed by atoms with E-state index in [1.807, 2.05) is 0 Å². The first-order chi connectivity index (χ1) is 7.89. The minimum absolute atomic E-state index is 0.353. The molecule has 96 valence electrons. The third-order valence-corrected chi connectivity index (χ3v) is 4.85. The van der Waals surface area contributed by atoms with Crippen LogP contribution in [0.3, 0.4) is 0 Å². The van der Waals surface area contributed by atoms with E-state index >= 15 is 0 Å². The Labute approximate surface area is 99.7 Å². The van der Waals surface area contributed by atoms with Crippen molar-refractivity contribution in [2.75, 3.05) is 6.61 Å². The summed E-state index contributed by atoms with van der Waals surface area (Å²) in [6.45, 7) is 0.0197. The maximum absolute atomic E-state index is 12.7. The summed E-state index contributed by atoms with van der Waals surface area (Å²) in [4.78, 5) is 12.1. The lowest BCUT2D eigenvalue weighted by Gasteiger charge is -2.30. The van der Waals surface area contributed by atoms with Crippen molar-refractivity contribution in [1.29, 1.82) is 0 Å². The van der Waals surface area contributed by atoms with Crippen LogP contribution < -0.4 is 0 Å². The molecule has 4 fully saturated rings. The average molecular weight is 244 g/mol. The fourth-order valence-electron chi connectivity index (χ4n) is 4.47. The molecule has 0 heterocycles. The van der Waals surface area contributed by atoms with Gasteiger partial charge in [0.1, 0.15) is 0 Å². The van der Waals surface area contributed by atoms with Crippen LogP contribution in [-0.4, -0.2) is 18.5 Å². The van der Waals surface area contributed by atoms with Crippen LogP contribution in [-0.2, 0) is 9.53 Å². The van der Waals surface area contributed by atoms with Gasteiger partial charge in [0, 0.05) is 6.92 Å². The summed E-state index contributed by atoms with van der Waals surface area (Å²) in [5.41, 5.74) is -0.390. The topological polar surface area (TPSA) is 26.3 Å². The number of hydrogen-bond donors (Lipinski definition) is 0. The second kappa shape index (κ2) is 3.42. The molecular formula is C13H18F2O2. The molecule has 0 saturated heterocycles. The normalized spacial score (nSPS) is 43.1. The lowest BCUT2D eigenvalue weighted by atomic mass is 9.75. The summed E-state index contributed by atoms with van der Waals surface area (Å²) >= 11 is 0. The predicted molar refractivity (Wildman–Crippen MR) is 57.6 cm³/mol. The molecule has 0 aliphatic heterocycles. The molecule has 0 aromatic heterocycles. The summed E-state index contributed by atoms with van der Waals surface area (Å²) in [6, 6.07) is 0. The average Bonchev–Trinajstić information content (AvgIpc) is 2.60. The lowest BCUT2D eigenvalue weighted by molar-refractivity contribution is -0.167. The SMILES string of the molecule is CC(F)(F)COC(=O)C12CC3CC(CC1C3)C2. The van der Waals surface area contributed by atoms with Crippen LogP contribution in [0.25, 0.3) is 0 Å². The van der Waals surface area contributed by atoms with E-state index in [2.05, 4.69) is 0 Å². The Balaban J connectivity index is 1.70. The van der Waals surface area contributed by atoms with Crippen molar-refractivity contribution in [3.05, 3.63) is 0 Å². The standard InChI is InChI=1S/C13H18F2O2/c1-12(14,15)7-17-11(16)13-5-8-2-9(6-13)4-10(13)3-8/h8-10H,2-7H2,1H3. The van der Waals surface area contributed by atoms with Gasteiger partial charge in [-0.25, -0.2) is 8.78 Å². The highest BCUT2D eigenvalue weighted by molar-refractivity contribution is 5.78. The van der Waals surface area contributed by atoms with Crippen molar-refractivity contribution < 1.29 is 18.3 Å². The number of ether oxygens (including phenoxy) is 1. The molecule has 0 aromatic carbocycles. The highest BCUT2D eigenvalue weighted by Crippen LogP contribution is 2.65. The monoisotopic (exact) mass is 244 g/mol. The van der Waals surface area contributed by atoms with Gasteiger partial charge in [0.25, 0.3) is 5.92 Å². The molecule has 0 amide bonds. The van der Waals surface area contributed by atoms with Gasteiger partial charge < -0.3 is 4.74 Å². The molecule has 0 radical (unpaired) electrons. The fraction of sp³-hybridized carbons (Fsp3) is 0.923. The number of esters is 1. The van der Waals surface area contributed by atoms with Crippen LogP contribution in [0.1, 0.15) is 39.0 Å². The van der Waals surface area contributed by atoms with Crippen molar-refractivity contribution in [3.8, 4) is 0 Å². The van der Waals surface area contributed by atoms with Crippen molar-refractivity contribution in [2.24, 2.45) is 23.2 Å². The maximum atomic E-state index is 12.7. The van der Waals surface area contributed by atoms with Gasteiger partial charge in [-0.2, -0.15) is 0 Å². The third-order valence-electron chi connectivity index (χ3n) is 4.85. The van der Waals surface area contributed by atoms with E-state index in [-0.39, 0.29) is 5.97 Å². The van der Waals surface area contributed by atoms with Gasteiger partial charge >= 0.3 is 5.97 Å². The number of alkyl halides is 2. The predicted octanol–water partition coefficient (Wildman–Crippen LogP) is 3.01. The van der Waals surface area contributed by atoms with Gasteiger partial charge in [0.2, 0.25) is 0 Å². The minimum Gasteiger partial charge on any atom is -0.459 e. The maximum Gasteiger partial charge on any atom is 0.312 e. The third kappa shape index (κ3) is 1.76. The summed E-state index contributed by atoms with van der Waals surface area (Å²) in [6.07, 6.45) is 5.20. The molecular weight excluding hydrogens is 226 g/mol. The van der Waals surface area contributed by atoms with Crippen LogP contribution >= 0.6 is 0 Å². The van der Waals surface area contributed by atoms with E-state index in [0.29, 0.717) is 17.8 Å². The molecule has 4 rings (SSSR count). The van der Waals surface area contributed by atoms with Crippen molar-refractivity contribution in [1.82, 2.24) is 0 Å². The zero-order chi connectivity index (χ0) is 12.3. The second-order valence-electron chi connectivity index (χ2n) is 6.35. The first kappa shape index (κ1) is 11.4. The smallest absolute Gasteiger partial charge is 0.312 e. The number of carbonyl (C=O) groups is 1. The molecule has 2 unspecified atom stereocenters. The molecule has 17 heavy (non-hydrogen) atoms. The summed E-state index contributed by atoms with van der Waals surface area (Å²) in [5, 5.41) is 0. The Morgan fingerprint density at radius 3 is 2.41 bits per heavy atom. The number of halogens is 2. The first-order valence-corrected chi connectivity index (χ1v) is 6.44. The molecule has 2 atom stereocenters. The highest BCUT2D eigenvalue weighted by Gasteiger charge is 2.62. The van der Waals surface area contributed by atoms with Gasteiger partial charge in [0.05, 0.1) is 5.41 Å². The molecule has 0 spiro atoms. The minimum atomic E-state index is -2.91. The fourth-order valence-corrected chi connectivity index (χ4v) is 4.47. The molecule has 4 aliphatic rings. The van der Waals surface area contributed by atoms with Crippen molar-refractivity contribution in [3.63, 3.8) is 0 Å². The van der Waals surface area contributed by atoms with Crippen LogP contribution in [0.5, 0.6) is 0 Å². The summed E-state index contributed by atoms with van der Waals surface area (Å²) in [7, 11) is 0. The van der Waals surface area contributed by atoms with E-state index in [1.165, 1.54) is 6.42 Å². The zero-order valence-electron chi connectivity index (χ0n) is 10.0. The van der Waals surface area contributed by atoms with E-state index in [1.54, 1.807) is 0 Å². The molecule has 0 N–H and O–H groups in total. The zero-order valence-corrected chi connectivity index (χ0v) is 10.0. The second-order valence-corrected chi connectivity index (χ2v) is 6.35. The number of hydrogen-bond acceptors (Lipinski definition) is 2. The van der Waals surface area contributed by atoms with Crippen LogP contribution in [0.4, 0.5) is 8.78 Å². The van der Waals surface area contributed by atoms with Gasteiger partial charge in [0.15, 0.2) is 6.61 Å². The van der Waals surface area contributed by atoms with Gasteiger partial charge in [-0.3, -0.25) is 4.79 Å². The first-order valence-electron chi connectivity index (χ1n) is 6.44. The van der Waals surface area contributed by atoms with E-state index in [0.717, 1.165) is 32.6 Å². The number of carbonyl (C=O) groups excluding carboxylic acids is 1. The lowest BCUT2D eigenvalue weighted by Crippen LogP contribution is -2.36. The van der Waals surface area contributed by atoms with Crippen LogP contribution in [0.2, 0.25) is 0 Å². The molecule has 4 heteroatoms. The Morgan fingerprint density at radius 2 is 1.88 bits per heavy atom. The van der Waals surface area contributed by atoms with Crippen LogP contribution in [0, 0.1) is 23.2 Å². The van der Waals surface area contributed by atoms with Gasteiger partial charge in [-0.15, -0.1) is 0 Å². The quantitative estimate of drug-likeness (QED) is 0.713. The van der Waals surface area contributed by atoms with Gasteiger partial charge in [-0.1, -0.05) is 0 Å². The molecule has 0 aromatic rings. The van der Waals surface area contributed by atoms with Gasteiger partial charge in [-0.05, 0) is 49.9 Å². The number of rotatable bonds is 3.